The molecule has 0 atom stereocenters. The number of likely N-dealkylation sites (tertiary alicyclic amines) is 1. The number of Topliss-reactive ketones (excluding diaryl/α,β-unsaturated/α-hetero) is 1. The second-order valence-electron chi connectivity index (χ2n) is 8.01. The third kappa shape index (κ3) is 2.99. The first kappa shape index (κ1) is 18.5. The second-order valence-corrected chi connectivity index (χ2v) is 8.92. The highest BCUT2D eigenvalue weighted by molar-refractivity contribution is 9.10. The summed E-state index contributed by atoms with van der Waals surface area (Å²) in [5.74, 6) is 0.0916. The molecule has 2 aliphatic rings. The van der Waals surface area contributed by atoms with Crippen molar-refractivity contribution >= 4 is 38.4 Å². The monoisotopic (exact) mass is 450 g/mol. The molecule has 7 heteroatoms. The van der Waals surface area contributed by atoms with Gasteiger partial charge in [-0.05, 0) is 41.1 Å². The Morgan fingerprint density at radius 2 is 2.03 bits per heavy atom. The average Bonchev–Trinajstić information content (AvgIpc) is 2.94. The maximum Gasteiger partial charge on any atom is 0.187 e. The molecule has 0 unspecified atom stereocenters. The number of benzene rings is 1. The van der Waals surface area contributed by atoms with E-state index < -0.39 is 0 Å². The highest BCUT2D eigenvalue weighted by Gasteiger charge is 2.49. The zero-order valence-corrected chi connectivity index (χ0v) is 17.6. The number of carbonyl (C=O) groups is 1. The third-order valence-electron chi connectivity index (χ3n) is 5.83. The summed E-state index contributed by atoms with van der Waals surface area (Å²) >= 11 is 3.50. The molecule has 2 fully saturated rings. The fourth-order valence-corrected chi connectivity index (χ4v) is 4.79. The maximum absolute atomic E-state index is 13.3. The number of aromatic nitrogens is 2. The van der Waals surface area contributed by atoms with Crippen LogP contribution in [0.4, 0.5) is 5.69 Å². The van der Waals surface area contributed by atoms with Crippen molar-refractivity contribution < 1.29 is 9.53 Å². The summed E-state index contributed by atoms with van der Waals surface area (Å²) in [6.45, 7) is 13.0. The van der Waals surface area contributed by atoms with Crippen molar-refractivity contribution in [3.8, 4) is 5.69 Å². The van der Waals surface area contributed by atoms with Crippen LogP contribution in [0.1, 0.15) is 16.1 Å². The number of fused-ring (bicyclic) bond motifs is 1. The van der Waals surface area contributed by atoms with Crippen LogP contribution in [0.5, 0.6) is 0 Å². The van der Waals surface area contributed by atoms with Gasteiger partial charge in [0.1, 0.15) is 0 Å². The molecule has 6 nitrogen and oxygen atoms in total. The lowest BCUT2D eigenvalue weighted by Crippen LogP contribution is -2.66. The second kappa shape index (κ2) is 6.77. The van der Waals surface area contributed by atoms with Crippen LogP contribution in [0, 0.1) is 18.9 Å². The van der Waals surface area contributed by atoms with Crippen molar-refractivity contribution in [2.24, 2.45) is 5.41 Å². The minimum Gasteiger partial charge on any atom is -0.380 e. The van der Waals surface area contributed by atoms with Gasteiger partial charge in [-0.25, -0.2) is 4.85 Å². The number of rotatable bonds is 4. The van der Waals surface area contributed by atoms with Crippen LogP contribution >= 0.6 is 15.9 Å². The largest absolute Gasteiger partial charge is 0.380 e. The molecule has 0 N–H and O–H groups in total. The minimum absolute atomic E-state index is 0.0916. The first-order valence-electron chi connectivity index (χ1n) is 9.47. The van der Waals surface area contributed by atoms with E-state index in [4.69, 9.17) is 11.3 Å². The van der Waals surface area contributed by atoms with Crippen molar-refractivity contribution in [3.63, 3.8) is 0 Å². The van der Waals surface area contributed by atoms with E-state index in [1.807, 2.05) is 29.7 Å². The summed E-state index contributed by atoms with van der Waals surface area (Å²) in [7, 11) is 0. The summed E-state index contributed by atoms with van der Waals surface area (Å²) in [6.07, 6.45) is 1.73. The first-order valence-corrected chi connectivity index (χ1v) is 10.3. The van der Waals surface area contributed by atoms with E-state index in [0.29, 0.717) is 23.3 Å². The fraction of sp³-hybridized carbons (Fsp3) is 0.318. The van der Waals surface area contributed by atoms with Gasteiger partial charge in [0.05, 0.1) is 42.9 Å². The van der Waals surface area contributed by atoms with Crippen LogP contribution < -0.4 is 0 Å². The van der Waals surface area contributed by atoms with Gasteiger partial charge < -0.3 is 9.30 Å². The fourth-order valence-electron chi connectivity index (χ4n) is 4.47. The quantitative estimate of drug-likeness (QED) is 0.442. The molecule has 3 aromatic rings. The molecule has 2 saturated heterocycles. The van der Waals surface area contributed by atoms with Gasteiger partial charge in [-0.1, -0.05) is 12.1 Å². The minimum atomic E-state index is 0.0916. The molecule has 2 aromatic heterocycles. The molecule has 1 aromatic carbocycles. The lowest BCUT2D eigenvalue weighted by molar-refractivity contribution is -0.186. The van der Waals surface area contributed by atoms with Crippen LogP contribution in [0.25, 0.3) is 21.6 Å². The third-order valence-corrected chi connectivity index (χ3v) is 6.26. The van der Waals surface area contributed by atoms with Crippen molar-refractivity contribution in [2.75, 3.05) is 32.8 Å². The Morgan fingerprint density at radius 1 is 1.31 bits per heavy atom. The van der Waals surface area contributed by atoms with Crippen LogP contribution in [0.2, 0.25) is 0 Å². The first-order chi connectivity index (χ1) is 14.0. The Balaban J connectivity index is 1.54. The molecule has 4 heterocycles. The number of carbonyl (C=O) groups excluding carboxylic acids is 1. The number of hydrogen-bond donors (Lipinski definition) is 0. The molecular formula is C22H19BrN4O2. The molecule has 146 valence electrons. The number of hydrogen-bond acceptors (Lipinski definition) is 4. The van der Waals surface area contributed by atoms with E-state index in [9.17, 15) is 4.79 Å². The standard InChI is InChI=1S/C22H19BrN4O2/c1-14-20(19(28)9-26-10-22(11-26)12-29-13-22)21-18(7-15(23)8-25-21)27(14)17-5-3-16(24-2)4-6-17/h3-8H,9-13H2,1H3. The number of pyridine rings is 1. The SMILES string of the molecule is [C-]#[N+]c1ccc(-n2c(C)c(C(=O)CN3CC4(COC4)C3)c3ncc(Br)cc32)cc1. The molecule has 0 amide bonds. The van der Waals surface area contributed by atoms with Crippen LogP contribution in [-0.2, 0) is 4.74 Å². The van der Waals surface area contributed by atoms with E-state index in [1.165, 1.54) is 0 Å². The summed E-state index contributed by atoms with van der Waals surface area (Å²) < 4.78 is 8.23. The van der Waals surface area contributed by atoms with Crippen LogP contribution in [0.15, 0.2) is 41.0 Å². The molecule has 2 aliphatic heterocycles. The number of nitrogens with zero attached hydrogens (tertiary/aromatic N) is 4. The Bertz CT molecular complexity index is 1160. The highest BCUT2D eigenvalue weighted by Crippen LogP contribution is 2.38. The molecule has 0 bridgehead atoms. The predicted molar refractivity (Wildman–Crippen MR) is 114 cm³/mol. The lowest BCUT2D eigenvalue weighted by atomic mass is 9.78. The highest BCUT2D eigenvalue weighted by atomic mass is 79.9. The van der Waals surface area contributed by atoms with E-state index in [0.717, 1.165) is 47.7 Å². The van der Waals surface area contributed by atoms with Gasteiger partial charge in [-0.15, -0.1) is 0 Å². The Morgan fingerprint density at radius 3 is 2.66 bits per heavy atom. The average molecular weight is 451 g/mol. The number of halogens is 1. The van der Waals surface area contributed by atoms with Crippen molar-refractivity contribution in [1.82, 2.24) is 14.5 Å². The maximum atomic E-state index is 13.3. The van der Waals surface area contributed by atoms with Crippen LogP contribution in [-0.4, -0.2) is 53.1 Å². The topological polar surface area (TPSA) is 51.7 Å². The molecular weight excluding hydrogens is 432 g/mol. The Labute approximate surface area is 177 Å². The lowest BCUT2D eigenvalue weighted by Gasteiger charge is -2.54. The smallest absolute Gasteiger partial charge is 0.187 e. The van der Waals surface area contributed by atoms with Crippen LogP contribution in [0.3, 0.4) is 0 Å². The normalized spacial score (nSPS) is 17.7. The summed E-state index contributed by atoms with van der Waals surface area (Å²) in [4.78, 5) is 23.5. The van der Waals surface area contributed by atoms with Gasteiger partial charge in [0, 0.05) is 40.6 Å². The Kier molecular flexibility index (Phi) is 4.32. The zero-order chi connectivity index (χ0) is 20.2. The molecule has 0 radical (unpaired) electrons. The molecule has 1 spiro atoms. The Hall–Kier alpha value is -2.53. The van der Waals surface area contributed by atoms with E-state index in [1.54, 1.807) is 18.3 Å². The van der Waals surface area contributed by atoms with Gasteiger partial charge in [0.25, 0.3) is 0 Å². The van der Waals surface area contributed by atoms with E-state index >= 15 is 0 Å². The summed E-state index contributed by atoms with van der Waals surface area (Å²) in [5.41, 5.74) is 4.92. The zero-order valence-electron chi connectivity index (χ0n) is 16.0. The molecule has 0 saturated carbocycles. The van der Waals surface area contributed by atoms with E-state index in [2.05, 4.69) is 30.7 Å². The van der Waals surface area contributed by atoms with Crippen molar-refractivity contribution in [2.45, 2.75) is 6.92 Å². The summed E-state index contributed by atoms with van der Waals surface area (Å²) in [5, 5.41) is 0. The van der Waals surface area contributed by atoms with Gasteiger partial charge in [-0.3, -0.25) is 14.7 Å². The van der Waals surface area contributed by atoms with Gasteiger partial charge in [0.15, 0.2) is 11.5 Å². The van der Waals surface area contributed by atoms with Gasteiger partial charge >= 0.3 is 0 Å². The number of ether oxygens (including phenoxy) is 1. The van der Waals surface area contributed by atoms with Crippen molar-refractivity contribution in [3.05, 3.63) is 63.7 Å². The number of ketones is 1. The van der Waals surface area contributed by atoms with Gasteiger partial charge in [0.2, 0.25) is 0 Å². The van der Waals surface area contributed by atoms with Gasteiger partial charge in [-0.2, -0.15) is 0 Å². The molecule has 5 rings (SSSR count). The summed E-state index contributed by atoms with van der Waals surface area (Å²) in [6, 6.07) is 9.39. The van der Waals surface area contributed by atoms with Crippen molar-refractivity contribution in [1.29, 1.82) is 0 Å². The van der Waals surface area contributed by atoms with E-state index in [-0.39, 0.29) is 11.2 Å². The molecule has 29 heavy (non-hydrogen) atoms. The molecule has 0 aliphatic carbocycles. The predicted octanol–water partition coefficient (Wildman–Crippen LogP) is 4.16.